The van der Waals surface area contributed by atoms with E-state index in [1.165, 1.54) is 42.7 Å². The van der Waals surface area contributed by atoms with Crippen LogP contribution in [0.2, 0.25) is 0 Å². The van der Waals surface area contributed by atoms with Crippen molar-refractivity contribution in [1.29, 1.82) is 5.41 Å². The molecule has 1 aliphatic carbocycles. The number of nitrogens with zero attached hydrogens (tertiary/aromatic N) is 1. The molecule has 4 rings (SSSR count). The predicted octanol–water partition coefficient (Wildman–Crippen LogP) is 5.61. The van der Waals surface area contributed by atoms with Crippen LogP contribution in [0.3, 0.4) is 0 Å². The van der Waals surface area contributed by atoms with Crippen LogP contribution in [0.5, 0.6) is 0 Å². The summed E-state index contributed by atoms with van der Waals surface area (Å²) in [5, 5.41) is 8.87. The number of halogens is 1. The van der Waals surface area contributed by atoms with E-state index in [1.807, 2.05) is 0 Å². The Balaban J connectivity index is 1.83. The molecule has 27 heavy (non-hydrogen) atoms. The van der Waals surface area contributed by atoms with E-state index in [-0.39, 0.29) is 5.41 Å². The molecule has 0 atom stereocenters. The summed E-state index contributed by atoms with van der Waals surface area (Å²) in [4.78, 5) is 0. The van der Waals surface area contributed by atoms with Crippen molar-refractivity contribution in [2.75, 3.05) is 0 Å². The van der Waals surface area contributed by atoms with E-state index < -0.39 is 0 Å². The second kappa shape index (κ2) is 6.65. The third kappa shape index (κ3) is 2.97. The monoisotopic (exact) mass is 468 g/mol. The van der Waals surface area contributed by atoms with Crippen LogP contribution < -0.4 is 5.49 Å². The molecule has 0 radical (unpaired) electrons. The third-order valence-corrected chi connectivity index (χ3v) is 7.52. The van der Waals surface area contributed by atoms with Crippen molar-refractivity contribution in [3.05, 3.63) is 87.2 Å². The van der Waals surface area contributed by atoms with Crippen LogP contribution in [0.25, 0.3) is 3.58 Å². The molecular weight excluding hydrogens is 443 g/mol. The minimum atomic E-state index is -0.0864. The predicted molar refractivity (Wildman–Crippen MR) is 120 cm³/mol. The van der Waals surface area contributed by atoms with Gasteiger partial charge in [0.15, 0.2) is 0 Å². The molecule has 0 saturated heterocycles. The Morgan fingerprint density at radius 2 is 2.04 bits per heavy atom. The number of rotatable bonds is 1. The molecule has 2 nitrogen and oxygen atoms in total. The van der Waals surface area contributed by atoms with Gasteiger partial charge in [-0.3, -0.25) is 5.41 Å². The summed E-state index contributed by atoms with van der Waals surface area (Å²) in [5.74, 6) is 0. The highest BCUT2D eigenvalue weighted by Crippen LogP contribution is 2.41. The van der Waals surface area contributed by atoms with Crippen molar-refractivity contribution in [2.24, 2.45) is 0 Å². The molecular formula is C24H25IN2. The molecule has 0 amide bonds. The molecule has 0 saturated carbocycles. The lowest BCUT2D eigenvalue weighted by molar-refractivity contribution is 0.543. The molecule has 0 unspecified atom stereocenters. The third-order valence-electron chi connectivity index (χ3n) is 6.13. The second-order valence-corrected chi connectivity index (χ2v) is 9.29. The van der Waals surface area contributed by atoms with Crippen LogP contribution in [0.1, 0.15) is 48.2 Å². The zero-order valence-corrected chi connectivity index (χ0v) is 18.4. The van der Waals surface area contributed by atoms with Gasteiger partial charge in [-0.1, -0.05) is 50.3 Å². The van der Waals surface area contributed by atoms with Crippen molar-refractivity contribution in [2.45, 2.75) is 52.0 Å². The summed E-state index contributed by atoms with van der Waals surface area (Å²) < 4.78 is 3.53. The maximum atomic E-state index is 8.87. The molecule has 1 N–H and O–H groups in total. The number of benzene rings is 1. The topological polar surface area (TPSA) is 28.8 Å². The fourth-order valence-corrected chi connectivity index (χ4v) is 5.23. The fourth-order valence-electron chi connectivity index (χ4n) is 4.54. The van der Waals surface area contributed by atoms with Gasteiger partial charge in [0.25, 0.3) is 0 Å². The maximum Gasteiger partial charge on any atom is 0.128 e. The standard InChI is InChI=1S/C24H25IN2/c1-5-18-9-10-20-21(24(18,3)4)13-19-12-17(14-27(19)23(20)26)22(25)16-8-6-7-15(2)11-16/h6-8,11,13,26H,1,9-10,12,14H2,2-4H3/b22-17-,26-23?. The van der Waals surface area contributed by atoms with Crippen molar-refractivity contribution in [3.63, 3.8) is 0 Å². The van der Waals surface area contributed by atoms with Gasteiger partial charge in [0.05, 0.1) is 0 Å². The molecule has 0 fully saturated rings. The number of allylic oxidation sites excluding steroid dienone is 2. The van der Waals surface area contributed by atoms with E-state index in [9.17, 15) is 0 Å². The summed E-state index contributed by atoms with van der Waals surface area (Å²) in [6, 6.07) is 11.0. The van der Waals surface area contributed by atoms with E-state index in [1.54, 1.807) is 0 Å². The lowest BCUT2D eigenvalue weighted by atomic mass is 9.69. The number of pyridine rings is 1. The van der Waals surface area contributed by atoms with Gasteiger partial charge >= 0.3 is 0 Å². The molecule has 2 aliphatic rings. The van der Waals surface area contributed by atoms with Crippen LogP contribution in [0.4, 0.5) is 0 Å². The first-order valence-electron chi connectivity index (χ1n) is 9.47. The highest BCUT2D eigenvalue weighted by molar-refractivity contribution is 14.1. The molecule has 2 aromatic rings. The normalized spacial score (nSPS) is 19.3. The molecule has 138 valence electrons. The molecule has 1 aromatic carbocycles. The SMILES string of the molecule is C=C=C1CCc2c(cc3n(c2=N)C/C(=C(\I)c2cccc(C)c2)C3)C1(C)C. The summed E-state index contributed by atoms with van der Waals surface area (Å²) in [6.45, 7) is 11.4. The molecule has 3 heteroatoms. The smallest absolute Gasteiger partial charge is 0.128 e. The first kappa shape index (κ1) is 18.5. The Morgan fingerprint density at radius 3 is 2.74 bits per heavy atom. The summed E-state index contributed by atoms with van der Waals surface area (Å²) >= 11 is 2.48. The first-order chi connectivity index (χ1) is 12.8. The second-order valence-electron chi connectivity index (χ2n) is 8.21. The van der Waals surface area contributed by atoms with Gasteiger partial charge in [-0.05, 0) is 76.3 Å². The Hall–Kier alpha value is -1.84. The van der Waals surface area contributed by atoms with Gasteiger partial charge in [-0.2, -0.15) is 0 Å². The van der Waals surface area contributed by atoms with Gasteiger partial charge in [-0.15, -0.1) is 5.73 Å². The fraction of sp³-hybridized carbons (Fsp3) is 0.333. The molecule has 1 aromatic heterocycles. The zero-order valence-electron chi connectivity index (χ0n) is 16.2. The van der Waals surface area contributed by atoms with Crippen LogP contribution in [0, 0.1) is 12.3 Å². The number of aryl methyl sites for hydroxylation is 1. The van der Waals surface area contributed by atoms with Crippen LogP contribution in [0.15, 0.2) is 53.8 Å². The van der Waals surface area contributed by atoms with E-state index in [0.29, 0.717) is 5.49 Å². The van der Waals surface area contributed by atoms with Crippen molar-refractivity contribution in [1.82, 2.24) is 4.57 Å². The molecule has 0 spiro atoms. The number of hydrogen-bond donors (Lipinski definition) is 1. The molecule has 2 heterocycles. The lowest BCUT2D eigenvalue weighted by Crippen LogP contribution is -2.35. The van der Waals surface area contributed by atoms with E-state index >= 15 is 0 Å². The Labute approximate surface area is 175 Å². The maximum absolute atomic E-state index is 8.87. The Bertz CT molecular complexity index is 1090. The minimum absolute atomic E-state index is 0.0864. The highest BCUT2D eigenvalue weighted by Gasteiger charge is 2.34. The van der Waals surface area contributed by atoms with Crippen molar-refractivity contribution >= 4 is 26.2 Å². The van der Waals surface area contributed by atoms with Crippen molar-refractivity contribution in [3.8, 4) is 0 Å². The van der Waals surface area contributed by atoms with Crippen LogP contribution in [-0.4, -0.2) is 4.57 Å². The van der Waals surface area contributed by atoms with Gasteiger partial charge in [0, 0.05) is 27.7 Å². The number of nitrogens with one attached hydrogen (secondary N) is 1. The average Bonchev–Trinajstić information content (AvgIpc) is 3.06. The number of fused-ring (bicyclic) bond motifs is 2. The van der Waals surface area contributed by atoms with E-state index in [0.717, 1.165) is 25.8 Å². The van der Waals surface area contributed by atoms with Crippen molar-refractivity contribution < 1.29 is 0 Å². The summed E-state index contributed by atoms with van der Waals surface area (Å²) in [7, 11) is 0. The summed E-state index contributed by atoms with van der Waals surface area (Å²) in [5.41, 5.74) is 12.8. The number of hydrogen-bond acceptors (Lipinski definition) is 1. The van der Waals surface area contributed by atoms with E-state index in [2.05, 4.69) is 90.6 Å². The van der Waals surface area contributed by atoms with Crippen LogP contribution in [-0.2, 0) is 24.8 Å². The minimum Gasteiger partial charge on any atom is -0.326 e. The molecule has 0 bridgehead atoms. The van der Waals surface area contributed by atoms with Gasteiger partial charge < -0.3 is 4.57 Å². The Kier molecular flexibility index (Phi) is 4.56. The largest absolute Gasteiger partial charge is 0.326 e. The van der Waals surface area contributed by atoms with Gasteiger partial charge in [0.2, 0.25) is 0 Å². The van der Waals surface area contributed by atoms with Crippen LogP contribution >= 0.6 is 22.6 Å². The average molecular weight is 468 g/mol. The zero-order chi connectivity index (χ0) is 19.3. The lowest BCUT2D eigenvalue weighted by Gasteiger charge is -2.35. The van der Waals surface area contributed by atoms with Gasteiger partial charge in [0.1, 0.15) is 5.49 Å². The summed E-state index contributed by atoms with van der Waals surface area (Å²) in [6.07, 6.45) is 2.80. The van der Waals surface area contributed by atoms with E-state index in [4.69, 9.17) is 5.41 Å². The quantitative estimate of drug-likeness (QED) is 0.416. The Morgan fingerprint density at radius 1 is 1.26 bits per heavy atom. The number of aromatic nitrogens is 1. The molecule has 1 aliphatic heterocycles. The van der Waals surface area contributed by atoms with Gasteiger partial charge in [-0.25, -0.2) is 0 Å². The highest BCUT2D eigenvalue weighted by atomic mass is 127. The first-order valence-corrected chi connectivity index (χ1v) is 10.6.